The van der Waals surface area contributed by atoms with Crippen molar-refractivity contribution >= 4 is 27.5 Å². The normalized spacial score (nSPS) is 16.9. The molecule has 0 unspecified atom stereocenters. The molecule has 0 atom stereocenters. The fourth-order valence-corrected chi connectivity index (χ4v) is 2.89. The number of hydrogen-bond acceptors (Lipinski definition) is 2. The highest BCUT2D eigenvalue weighted by molar-refractivity contribution is 9.10. The van der Waals surface area contributed by atoms with Crippen LogP contribution in [-0.4, -0.2) is 18.5 Å². The minimum Gasteiger partial charge on any atom is -0.325 e. The Morgan fingerprint density at radius 3 is 2.63 bits per heavy atom. The molecular formula is C15H21BrN2O. The number of carbonyl (C=O) groups is 1. The summed E-state index contributed by atoms with van der Waals surface area (Å²) in [5, 5.41) is 6.28. The Morgan fingerprint density at radius 1 is 1.21 bits per heavy atom. The van der Waals surface area contributed by atoms with E-state index in [1.54, 1.807) is 0 Å². The predicted molar refractivity (Wildman–Crippen MR) is 82.3 cm³/mol. The van der Waals surface area contributed by atoms with E-state index in [4.69, 9.17) is 0 Å². The van der Waals surface area contributed by atoms with Crippen LogP contribution in [0, 0.1) is 0 Å². The molecule has 0 aliphatic heterocycles. The Hall–Kier alpha value is -0.870. The monoisotopic (exact) mass is 324 g/mol. The highest BCUT2D eigenvalue weighted by Gasteiger charge is 2.12. The van der Waals surface area contributed by atoms with Crippen molar-refractivity contribution < 1.29 is 4.79 Å². The zero-order valence-electron chi connectivity index (χ0n) is 11.1. The van der Waals surface area contributed by atoms with Gasteiger partial charge in [0.25, 0.3) is 0 Å². The highest BCUT2D eigenvalue weighted by Crippen LogP contribution is 2.17. The first-order valence-electron chi connectivity index (χ1n) is 7.03. The lowest BCUT2D eigenvalue weighted by atomic mass is 10.1. The minimum absolute atomic E-state index is 0.0300. The first-order valence-corrected chi connectivity index (χ1v) is 7.82. The van der Waals surface area contributed by atoms with Crippen molar-refractivity contribution in [3.63, 3.8) is 0 Å². The van der Waals surface area contributed by atoms with Gasteiger partial charge in [-0.3, -0.25) is 4.79 Å². The summed E-state index contributed by atoms with van der Waals surface area (Å²) in [5.41, 5.74) is 0.835. The van der Waals surface area contributed by atoms with Gasteiger partial charge in [0, 0.05) is 16.2 Å². The van der Waals surface area contributed by atoms with E-state index in [2.05, 4.69) is 26.6 Å². The fraction of sp³-hybridized carbons (Fsp3) is 0.533. The summed E-state index contributed by atoms with van der Waals surface area (Å²) in [7, 11) is 0. The maximum atomic E-state index is 11.9. The zero-order valence-corrected chi connectivity index (χ0v) is 12.7. The van der Waals surface area contributed by atoms with Gasteiger partial charge in [0.1, 0.15) is 0 Å². The number of amides is 1. The standard InChI is InChI=1S/C15H21BrN2O/c16-12-6-5-9-14(10-12)18-15(19)11-17-13-7-3-1-2-4-8-13/h5-6,9-10,13,17H,1-4,7-8,11H2,(H,18,19). The van der Waals surface area contributed by atoms with Crippen LogP contribution < -0.4 is 10.6 Å². The van der Waals surface area contributed by atoms with Crippen LogP contribution in [0.4, 0.5) is 5.69 Å². The van der Waals surface area contributed by atoms with E-state index in [1.165, 1.54) is 38.5 Å². The molecule has 2 N–H and O–H groups in total. The molecule has 0 bridgehead atoms. The molecule has 0 aromatic heterocycles. The Morgan fingerprint density at radius 2 is 1.95 bits per heavy atom. The smallest absolute Gasteiger partial charge is 0.238 e. The average molecular weight is 325 g/mol. The minimum atomic E-state index is 0.0300. The van der Waals surface area contributed by atoms with Crippen molar-refractivity contribution in [1.82, 2.24) is 5.32 Å². The van der Waals surface area contributed by atoms with E-state index in [0.29, 0.717) is 12.6 Å². The molecule has 0 radical (unpaired) electrons. The van der Waals surface area contributed by atoms with Gasteiger partial charge in [0.05, 0.1) is 6.54 Å². The number of rotatable bonds is 4. The van der Waals surface area contributed by atoms with E-state index < -0.39 is 0 Å². The van der Waals surface area contributed by atoms with Crippen molar-refractivity contribution in [1.29, 1.82) is 0 Å². The molecule has 3 nitrogen and oxygen atoms in total. The number of nitrogens with one attached hydrogen (secondary N) is 2. The summed E-state index contributed by atoms with van der Waals surface area (Å²) in [6, 6.07) is 8.17. The molecule has 0 saturated heterocycles. The SMILES string of the molecule is O=C(CNC1CCCCCC1)Nc1cccc(Br)c1. The summed E-state index contributed by atoms with van der Waals surface area (Å²) in [4.78, 5) is 11.9. The summed E-state index contributed by atoms with van der Waals surface area (Å²) >= 11 is 3.40. The summed E-state index contributed by atoms with van der Waals surface area (Å²) in [5.74, 6) is 0.0300. The van der Waals surface area contributed by atoms with E-state index in [-0.39, 0.29) is 5.91 Å². The second-order valence-electron chi connectivity index (χ2n) is 5.13. The van der Waals surface area contributed by atoms with Crippen molar-refractivity contribution in [3.8, 4) is 0 Å². The molecule has 2 rings (SSSR count). The molecule has 0 heterocycles. The third kappa shape index (κ3) is 5.33. The Labute approximate surface area is 123 Å². The number of halogens is 1. The summed E-state index contributed by atoms with van der Waals surface area (Å²) in [6.45, 7) is 0.400. The molecule has 1 aromatic carbocycles. The van der Waals surface area contributed by atoms with Crippen LogP contribution in [0.1, 0.15) is 38.5 Å². The number of benzene rings is 1. The molecule has 1 amide bonds. The molecule has 1 aliphatic rings. The molecule has 1 saturated carbocycles. The number of hydrogen-bond donors (Lipinski definition) is 2. The zero-order chi connectivity index (χ0) is 13.5. The van der Waals surface area contributed by atoms with Crippen molar-refractivity contribution in [2.24, 2.45) is 0 Å². The third-order valence-electron chi connectivity index (χ3n) is 3.51. The molecule has 19 heavy (non-hydrogen) atoms. The van der Waals surface area contributed by atoms with Crippen molar-refractivity contribution in [2.45, 2.75) is 44.6 Å². The lowest BCUT2D eigenvalue weighted by Crippen LogP contribution is -2.35. The molecule has 1 fully saturated rings. The van der Waals surface area contributed by atoms with Gasteiger partial charge < -0.3 is 10.6 Å². The maximum absolute atomic E-state index is 11.9. The quantitative estimate of drug-likeness (QED) is 0.829. The second-order valence-corrected chi connectivity index (χ2v) is 6.04. The van der Waals surface area contributed by atoms with Crippen LogP contribution in [0.2, 0.25) is 0 Å². The average Bonchev–Trinajstić information content (AvgIpc) is 2.65. The summed E-state index contributed by atoms with van der Waals surface area (Å²) in [6.07, 6.45) is 7.63. The van der Waals surface area contributed by atoms with Crippen LogP contribution in [0.15, 0.2) is 28.7 Å². The largest absolute Gasteiger partial charge is 0.325 e. The van der Waals surface area contributed by atoms with Crippen LogP contribution in [0.25, 0.3) is 0 Å². The van der Waals surface area contributed by atoms with Gasteiger partial charge in [-0.2, -0.15) is 0 Å². The lowest BCUT2D eigenvalue weighted by molar-refractivity contribution is -0.115. The van der Waals surface area contributed by atoms with E-state index in [9.17, 15) is 4.79 Å². The van der Waals surface area contributed by atoms with Gasteiger partial charge in [-0.15, -0.1) is 0 Å². The molecule has 1 aromatic rings. The van der Waals surface area contributed by atoms with Crippen LogP contribution in [-0.2, 0) is 4.79 Å². The van der Waals surface area contributed by atoms with Gasteiger partial charge >= 0.3 is 0 Å². The Kier molecular flexibility index (Phi) is 5.86. The van der Waals surface area contributed by atoms with Gasteiger partial charge in [-0.1, -0.05) is 47.7 Å². The number of carbonyl (C=O) groups excluding carboxylic acids is 1. The maximum Gasteiger partial charge on any atom is 0.238 e. The lowest BCUT2D eigenvalue weighted by Gasteiger charge is -2.15. The molecule has 4 heteroatoms. The van der Waals surface area contributed by atoms with Gasteiger partial charge in [-0.25, -0.2) is 0 Å². The van der Waals surface area contributed by atoms with Crippen LogP contribution in [0.5, 0.6) is 0 Å². The van der Waals surface area contributed by atoms with Crippen LogP contribution in [0.3, 0.4) is 0 Å². The Balaban J connectivity index is 1.75. The summed E-state index contributed by atoms with van der Waals surface area (Å²) < 4.78 is 0.974. The van der Waals surface area contributed by atoms with E-state index in [1.807, 2.05) is 24.3 Å². The van der Waals surface area contributed by atoms with Crippen LogP contribution >= 0.6 is 15.9 Å². The van der Waals surface area contributed by atoms with Crippen molar-refractivity contribution in [2.75, 3.05) is 11.9 Å². The Bertz CT molecular complexity index is 414. The van der Waals surface area contributed by atoms with Crippen molar-refractivity contribution in [3.05, 3.63) is 28.7 Å². The fourth-order valence-electron chi connectivity index (χ4n) is 2.49. The first kappa shape index (κ1) is 14.5. The van der Waals surface area contributed by atoms with Gasteiger partial charge in [0.2, 0.25) is 5.91 Å². The topological polar surface area (TPSA) is 41.1 Å². The molecule has 104 valence electrons. The first-order chi connectivity index (χ1) is 9.24. The highest BCUT2D eigenvalue weighted by atomic mass is 79.9. The predicted octanol–water partition coefficient (Wildman–Crippen LogP) is 3.70. The molecule has 1 aliphatic carbocycles. The molecule has 0 spiro atoms. The third-order valence-corrected chi connectivity index (χ3v) is 4.01. The van der Waals surface area contributed by atoms with E-state index in [0.717, 1.165) is 10.2 Å². The van der Waals surface area contributed by atoms with E-state index >= 15 is 0 Å². The van der Waals surface area contributed by atoms with Gasteiger partial charge in [-0.05, 0) is 31.0 Å². The second kappa shape index (κ2) is 7.65. The molecular weight excluding hydrogens is 304 g/mol. The number of anilines is 1. The van der Waals surface area contributed by atoms with Gasteiger partial charge in [0.15, 0.2) is 0 Å².